The van der Waals surface area contributed by atoms with Gasteiger partial charge in [0, 0.05) is 18.5 Å². The molecule has 0 spiro atoms. The van der Waals surface area contributed by atoms with Crippen LogP contribution in [0.5, 0.6) is 11.8 Å². The van der Waals surface area contributed by atoms with Crippen LogP contribution in [0.2, 0.25) is 0 Å². The van der Waals surface area contributed by atoms with Gasteiger partial charge in [-0.1, -0.05) is 24.3 Å². The summed E-state index contributed by atoms with van der Waals surface area (Å²) >= 11 is 5.96. The van der Waals surface area contributed by atoms with Crippen LogP contribution in [0.25, 0.3) is 17.1 Å². The number of anilines is 1. The maximum absolute atomic E-state index is 14.6. The molecule has 1 saturated carbocycles. The number of aromatic nitrogens is 3. The SMILES string of the molecule is COc1ccc(CCOc2nc(-c3ccccc3F)n(-c3ccc(NC(=O)C4(Cl)CC4F)cc3)n2)cc1. The highest BCUT2D eigenvalue weighted by Gasteiger charge is 2.60. The van der Waals surface area contributed by atoms with Gasteiger partial charge < -0.3 is 14.8 Å². The lowest BCUT2D eigenvalue weighted by atomic mass is 10.1. The summed E-state index contributed by atoms with van der Waals surface area (Å²) < 4.78 is 40.5. The normalized spacial score (nSPS) is 18.3. The second-order valence-corrected chi connectivity index (χ2v) is 9.27. The fraction of sp³-hybridized carbons (Fsp3) is 0.222. The highest BCUT2D eigenvalue weighted by Crippen LogP contribution is 2.46. The first-order valence-electron chi connectivity index (χ1n) is 11.6. The first-order valence-corrected chi connectivity index (χ1v) is 12.0. The van der Waals surface area contributed by atoms with Crippen LogP contribution in [0.4, 0.5) is 14.5 Å². The molecule has 0 radical (unpaired) electrons. The molecule has 37 heavy (non-hydrogen) atoms. The van der Waals surface area contributed by atoms with E-state index in [0.29, 0.717) is 24.4 Å². The minimum absolute atomic E-state index is 0.00926. The molecule has 10 heteroatoms. The molecule has 0 bridgehead atoms. The summed E-state index contributed by atoms with van der Waals surface area (Å²) in [7, 11) is 1.61. The Morgan fingerprint density at radius 3 is 2.49 bits per heavy atom. The molecular weight excluding hydrogens is 502 g/mol. The van der Waals surface area contributed by atoms with E-state index in [9.17, 15) is 13.6 Å². The van der Waals surface area contributed by atoms with Crippen LogP contribution in [-0.2, 0) is 11.2 Å². The third-order valence-corrected chi connectivity index (χ3v) is 6.61. The summed E-state index contributed by atoms with van der Waals surface area (Å²) in [6, 6.07) is 20.6. The molecule has 1 aromatic heterocycles. The Balaban J connectivity index is 1.36. The Morgan fingerprint density at radius 1 is 1.14 bits per heavy atom. The third kappa shape index (κ3) is 5.27. The van der Waals surface area contributed by atoms with Crippen molar-refractivity contribution in [2.75, 3.05) is 19.0 Å². The number of nitrogens with zero attached hydrogens (tertiary/aromatic N) is 3. The van der Waals surface area contributed by atoms with Crippen molar-refractivity contribution in [2.24, 2.45) is 0 Å². The summed E-state index contributed by atoms with van der Waals surface area (Å²) in [6.07, 6.45) is -0.746. The Kier molecular flexibility index (Phi) is 6.80. The Morgan fingerprint density at radius 2 is 1.84 bits per heavy atom. The zero-order valence-electron chi connectivity index (χ0n) is 19.8. The monoisotopic (exact) mass is 524 g/mol. The minimum Gasteiger partial charge on any atom is -0.497 e. The number of hydrogen-bond donors (Lipinski definition) is 1. The molecule has 1 fully saturated rings. The quantitative estimate of drug-likeness (QED) is 0.298. The lowest BCUT2D eigenvalue weighted by Gasteiger charge is -2.10. The molecule has 7 nitrogen and oxygen atoms in total. The van der Waals surface area contributed by atoms with E-state index in [4.69, 9.17) is 21.1 Å². The largest absolute Gasteiger partial charge is 0.497 e. The molecule has 1 aliphatic carbocycles. The number of carbonyl (C=O) groups excluding carboxylic acids is 1. The number of alkyl halides is 2. The molecular formula is C27H23ClF2N4O3. The number of amides is 1. The van der Waals surface area contributed by atoms with Crippen molar-refractivity contribution in [3.05, 3.63) is 84.2 Å². The molecule has 4 aromatic rings. The summed E-state index contributed by atoms with van der Waals surface area (Å²) in [4.78, 5) is 15.1. The van der Waals surface area contributed by atoms with Crippen molar-refractivity contribution in [1.82, 2.24) is 14.8 Å². The van der Waals surface area contributed by atoms with Gasteiger partial charge in [-0.25, -0.2) is 13.5 Å². The number of carbonyl (C=O) groups is 1. The van der Waals surface area contributed by atoms with E-state index in [-0.39, 0.29) is 23.8 Å². The Bertz CT molecular complexity index is 1410. The summed E-state index contributed by atoms with van der Waals surface area (Å²) in [5.74, 6) is -0.0176. The van der Waals surface area contributed by atoms with E-state index in [2.05, 4.69) is 15.4 Å². The van der Waals surface area contributed by atoms with Gasteiger partial charge in [0.25, 0.3) is 0 Å². The fourth-order valence-corrected chi connectivity index (χ4v) is 3.94. The van der Waals surface area contributed by atoms with Crippen LogP contribution < -0.4 is 14.8 Å². The summed E-state index contributed by atoms with van der Waals surface area (Å²) in [5.41, 5.74) is 2.31. The van der Waals surface area contributed by atoms with Gasteiger partial charge in [-0.05, 0) is 54.1 Å². The number of hydrogen-bond acceptors (Lipinski definition) is 5. The zero-order valence-corrected chi connectivity index (χ0v) is 20.6. The van der Waals surface area contributed by atoms with Gasteiger partial charge in [0.15, 0.2) is 10.7 Å². The summed E-state index contributed by atoms with van der Waals surface area (Å²) in [6.45, 7) is 0.313. The van der Waals surface area contributed by atoms with Crippen molar-refractivity contribution in [2.45, 2.75) is 23.9 Å². The second-order valence-electron chi connectivity index (χ2n) is 8.59. The van der Waals surface area contributed by atoms with Gasteiger partial charge in [0.05, 0.1) is 25.0 Å². The molecule has 2 unspecified atom stereocenters. The van der Waals surface area contributed by atoms with Crippen LogP contribution in [-0.4, -0.2) is 45.4 Å². The number of ether oxygens (including phenoxy) is 2. The molecule has 1 aliphatic rings. The molecule has 190 valence electrons. The molecule has 0 aliphatic heterocycles. The smallest absolute Gasteiger partial charge is 0.336 e. The van der Waals surface area contributed by atoms with Gasteiger partial charge >= 0.3 is 6.01 Å². The lowest BCUT2D eigenvalue weighted by molar-refractivity contribution is -0.116. The van der Waals surface area contributed by atoms with Crippen LogP contribution in [0.15, 0.2) is 72.8 Å². The van der Waals surface area contributed by atoms with Crippen LogP contribution in [0, 0.1) is 5.82 Å². The second kappa shape index (κ2) is 10.2. The highest BCUT2D eigenvalue weighted by molar-refractivity contribution is 6.39. The van der Waals surface area contributed by atoms with Crippen LogP contribution in [0.3, 0.4) is 0 Å². The molecule has 1 heterocycles. The molecule has 5 rings (SSSR count). The van der Waals surface area contributed by atoms with Crippen molar-refractivity contribution < 1.29 is 23.0 Å². The first kappa shape index (κ1) is 24.7. The van der Waals surface area contributed by atoms with E-state index in [1.54, 1.807) is 49.6 Å². The van der Waals surface area contributed by atoms with Gasteiger partial charge in [-0.3, -0.25) is 4.79 Å². The molecule has 3 aromatic carbocycles. The summed E-state index contributed by atoms with van der Waals surface area (Å²) in [5, 5.41) is 7.06. The Hall–Kier alpha value is -3.98. The number of nitrogens with one attached hydrogen (secondary N) is 1. The van der Waals surface area contributed by atoms with E-state index in [1.807, 2.05) is 24.3 Å². The fourth-order valence-electron chi connectivity index (χ4n) is 3.76. The number of benzene rings is 3. The first-order chi connectivity index (χ1) is 17.9. The van der Waals surface area contributed by atoms with Gasteiger partial charge in [-0.15, -0.1) is 16.7 Å². The van der Waals surface area contributed by atoms with Gasteiger partial charge in [0.2, 0.25) is 5.91 Å². The predicted octanol–water partition coefficient (Wildman–Crippen LogP) is 5.36. The number of halogens is 3. The van der Waals surface area contributed by atoms with Crippen LogP contribution in [0.1, 0.15) is 12.0 Å². The van der Waals surface area contributed by atoms with Crippen molar-refractivity contribution in [3.8, 4) is 28.8 Å². The van der Waals surface area contributed by atoms with E-state index >= 15 is 0 Å². The van der Waals surface area contributed by atoms with E-state index in [1.165, 1.54) is 10.7 Å². The maximum Gasteiger partial charge on any atom is 0.336 e. The van der Waals surface area contributed by atoms with Gasteiger partial charge in [0.1, 0.15) is 17.7 Å². The van der Waals surface area contributed by atoms with Crippen molar-refractivity contribution in [3.63, 3.8) is 0 Å². The topological polar surface area (TPSA) is 78.3 Å². The van der Waals surface area contributed by atoms with Crippen molar-refractivity contribution in [1.29, 1.82) is 0 Å². The van der Waals surface area contributed by atoms with Crippen LogP contribution >= 0.6 is 11.6 Å². The van der Waals surface area contributed by atoms with Crippen molar-refractivity contribution >= 4 is 23.2 Å². The molecule has 1 amide bonds. The van der Waals surface area contributed by atoms with Gasteiger partial charge in [-0.2, -0.15) is 4.98 Å². The molecule has 2 atom stereocenters. The Labute approximate surface area is 217 Å². The van der Waals surface area contributed by atoms with E-state index in [0.717, 1.165) is 11.3 Å². The number of rotatable bonds is 9. The maximum atomic E-state index is 14.6. The molecule has 0 saturated heterocycles. The standard InChI is InChI=1S/C27H23ClF2N4O3/c1-36-20-12-6-17(7-13-20)14-15-37-26-32-24(21-4-2-3-5-22(21)29)34(33-26)19-10-8-18(9-11-19)31-25(35)27(28)16-23(27)30/h2-13,23H,14-16H2,1H3,(H,31,35). The van der Waals surface area contributed by atoms with E-state index < -0.39 is 22.8 Å². The zero-order chi connectivity index (χ0) is 26.0. The highest BCUT2D eigenvalue weighted by atomic mass is 35.5. The third-order valence-electron chi connectivity index (χ3n) is 6.04. The number of methoxy groups -OCH3 is 1. The minimum atomic E-state index is -1.50. The average Bonchev–Trinajstić information content (AvgIpc) is 3.33. The average molecular weight is 525 g/mol. The predicted molar refractivity (Wildman–Crippen MR) is 136 cm³/mol. The lowest BCUT2D eigenvalue weighted by Crippen LogP contribution is -2.27. The molecule has 1 N–H and O–H groups in total.